The van der Waals surface area contributed by atoms with Crippen molar-refractivity contribution in [3.05, 3.63) is 59.4 Å². The number of hydrogen-bond donors (Lipinski definition) is 2. The first-order valence-electron chi connectivity index (χ1n) is 5.62. The zero-order chi connectivity index (χ0) is 13.8. The third kappa shape index (κ3) is 3.16. The van der Waals surface area contributed by atoms with Gasteiger partial charge in [0.05, 0.1) is 17.4 Å². The number of carbonyl (C=O) groups excluding carboxylic acids is 1. The lowest BCUT2D eigenvalue weighted by Crippen LogP contribution is -2.13. The highest BCUT2D eigenvalue weighted by molar-refractivity contribution is 6.05. The van der Waals surface area contributed by atoms with E-state index in [0.717, 1.165) is 5.56 Å². The van der Waals surface area contributed by atoms with Crippen molar-refractivity contribution >= 4 is 17.6 Å². The fraction of sp³-hybridized carbons (Fsp3) is 0.0714. The van der Waals surface area contributed by atoms with E-state index >= 15 is 0 Å². The van der Waals surface area contributed by atoms with Crippen LogP contribution in [0.2, 0.25) is 0 Å². The minimum atomic E-state index is -1.06. The van der Waals surface area contributed by atoms with Gasteiger partial charge in [-0.25, -0.2) is 4.79 Å². The summed E-state index contributed by atoms with van der Waals surface area (Å²) in [7, 11) is 0. The number of rotatable bonds is 3. The molecular formula is C14H12N2O3. The molecule has 2 aromatic rings. The number of amides is 1. The molecule has 2 rings (SSSR count). The summed E-state index contributed by atoms with van der Waals surface area (Å²) < 4.78 is 0. The number of nitrogens with one attached hydrogen (secondary N) is 1. The second-order valence-corrected chi connectivity index (χ2v) is 4.09. The van der Waals surface area contributed by atoms with E-state index in [0.29, 0.717) is 11.3 Å². The van der Waals surface area contributed by atoms with Gasteiger partial charge in [0.1, 0.15) is 0 Å². The molecule has 0 unspecified atom stereocenters. The first-order chi connectivity index (χ1) is 9.06. The van der Waals surface area contributed by atoms with Crippen LogP contribution in [0.15, 0.2) is 42.7 Å². The molecule has 0 saturated heterocycles. The first kappa shape index (κ1) is 12.8. The molecule has 19 heavy (non-hydrogen) atoms. The van der Waals surface area contributed by atoms with E-state index in [1.807, 2.05) is 6.92 Å². The van der Waals surface area contributed by atoms with E-state index in [1.165, 1.54) is 24.4 Å². The molecule has 1 aromatic carbocycles. The number of aromatic nitrogens is 1. The molecule has 0 saturated carbocycles. The lowest BCUT2D eigenvalue weighted by atomic mass is 10.1. The molecule has 1 heterocycles. The van der Waals surface area contributed by atoms with Crippen LogP contribution in [0.4, 0.5) is 5.69 Å². The third-order valence-corrected chi connectivity index (χ3v) is 2.50. The maximum absolute atomic E-state index is 12.0. The van der Waals surface area contributed by atoms with Crippen molar-refractivity contribution in [1.82, 2.24) is 4.98 Å². The SMILES string of the molecule is Cc1cncc(NC(=O)c2cccc(C(=O)O)c2)c1. The maximum atomic E-state index is 12.0. The monoisotopic (exact) mass is 256 g/mol. The fourth-order valence-corrected chi connectivity index (χ4v) is 1.62. The predicted octanol–water partition coefficient (Wildman–Crippen LogP) is 2.34. The minimum Gasteiger partial charge on any atom is -0.478 e. The van der Waals surface area contributed by atoms with E-state index < -0.39 is 5.97 Å². The van der Waals surface area contributed by atoms with Crippen molar-refractivity contribution in [2.45, 2.75) is 6.92 Å². The van der Waals surface area contributed by atoms with Crippen LogP contribution in [0.5, 0.6) is 0 Å². The Labute approximate surface area is 109 Å². The number of carbonyl (C=O) groups is 2. The molecule has 0 aliphatic heterocycles. The van der Waals surface area contributed by atoms with Crippen LogP contribution in [0.25, 0.3) is 0 Å². The number of nitrogens with zero attached hydrogens (tertiary/aromatic N) is 1. The Bertz CT molecular complexity index is 638. The molecular weight excluding hydrogens is 244 g/mol. The third-order valence-electron chi connectivity index (χ3n) is 2.50. The smallest absolute Gasteiger partial charge is 0.335 e. The number of benzene rings is 1. The summed E-state index contributed by atoms with van der Waals surface area (Å²) in [6.07, 6.45) is 3.21. The van der Waals surface area contributed by atoms with Gasteiger partial charge in [-0.05, 0) is 36.8 Å². The molecule has 0 bridgehead atoms. The van der Waals surface area contributed by atoms with Crippen LogP contribution in [-0.2, 0) is 0 Å². The van der Waals surface area contributed by atoms with Crippen molar-refractivity contribution < 1.29 is 14.7 Å². The number of anilines is 1. The Hall–Kier alpha value is -2.69. The Morgan fingerprint density at radius 1 is 1.16 bits per heavy atom. The summed E-state index contributed by atoms with van der Waals surface area (Å²) in [6, 6.07) is 7.65. The van der Waals surface area contributed by atoms with E-state index in [1.54, 1.807) is 18.3 Å². The van der Waals surface area contributed by atoms with Gasteiger partial charge in [-0.15, -0.1) is 0 Å². The molecule has 5 nitrogen and oxygen atoms in total. The average molecular weight is 256 g/mol. The normalized spacial score (nSPS) is 9.95. The fourth-order valence-electron chi connectivity index (χ4n) is 1.62. The number of carboxylic acids is 1. The average Bonchev–Trinajstić information content (AvgIpc) is 2.39. The Kier molecular flexibility index (Phi) is 3.56. The van der Waals surface area contributed by atoms with Crippen LogP contribution in [0, 0.1) is 6.92 Å². The number of carboxylic acid groups (broad SMARTS) is 1. The van der Waals surface area contributed by atoms with Gasteiger partial charge in [-0.3, -0.25) is 9.78 Å². The predicted molar refractivity (Wildman–Crippen MR) is 70.3 cm³/mol. The standard InChI is InChI=1S/C14H12N2O3/c1-9-5-12(8-15-7-9)16-13(17)10-3-2-4-11(6-10)14(18)19/h2-8H,1H3,(H,16,17)(H,18,19). The lowest BCUT2D eigenvalue weighted by molar-refractivity contribution is 0.0697. The van der Waals surface area contributed by atoms with Gasteiger partial charge in [0, 0.05) is 11.8 Å². The highest BCUT2D eigenvalue weighted by Gasteiger charge is 2.09. The molecule has 1 aromatic heterocycles. The maximum Gasteiger partial charge on any atom is 0.335 e. The molecule has 5 heteroatoms. The van der Waals surface area contributed by atoms with E-state index in [-0.39, 0.29) is 11.5 Å². The Balaban J connectivity index is 2.20. The zero-order valence-electron chi connectivity index (χ0n) is 10.3. The van der Waals surface area contributed by atoms with E-state index in [2.05, 4.69) is 10.3 Å². The molecule has 0 radical (unpaired) electrons. The van der Waals surface area contributed by atoms with Gasteiger partial charge in [-0.2, -0.15) is 0 Å². The van der Waals surface area contributed by atoms with Crippen molar-refractivity contribution in [3.63, 3.8) is 0 Å². The van der Waals surface area contributed by atoms with Gasteiger partial charge < -0.3 is 10.4 Å². The lowest BCUT2D eigenvalue weighted by Gasteiger charge is -2.06. The molecule has 0 aliphatic rings. The summed E-state index contributed by atoms with van der Waals surface area (Å²) in [6.45, 7) is 1.87. The van der Waals surface area contributed by atoms with Gasteiger partial charge in [0.2, 0.25) is 0 Å². The molecule has 0 spiro atoms. The molecule has 0 fully saturated rings. The Morgan fingerprint density at radius 3 is 2.58 bits per heavy atom. The van der Waals surface area contributed by atoms with Gasteiger partial charge in [0.25, 0.3) is 5.91 Å². The quantitative estimate of drug-likeness (QED) is 0.883. The number of aryl methyl sites for hydroxylation is 1. The summed E-state index contributed by atoms with van der Waals surface area (Å²) in [5.74, 6) is -1.43. The number of pyridine rings is 1. The Morgan fingerprint density at radius 2 is 1.89 bits per heavy atom. The first-order valence-corrected chi connectivity index (χ1v) is 5.62. The van der Waals surface area contributed by atoms with Gasteiger partial charge in [-0.1, -0.05) is 6.07 Å². The number of hydrogen-bond acceptors (Lipinski definition) is 3. The van der Waals surface area contributed by atoms with E-state index in [4.69, 9.17) is 5.11 Å². The van der Waals surface area contributed by atoms with Gasteiger partial charge >= 0.3 is 5.97 Å². The second kappa shape index (κ2) is 5.30. The van der Waals surface area contributed by atoms with Gasteiger partial charge in [0.15, 0.2) is 0 Å². The molecule has 96 valence electrons. The molecule has 1 amide bonds. The summed E-state index contributed by atoms with van der Waals surface area (Å²) in [4.78, 5) is 26.8. The second-order valence-electron chi connectivity index (χ2n) is 4.09. The van der Waals surface area contributed by atoms with Crippen LogP contribution in [-0.4, -0.2) is 22.0 Å². The highest BCUT2D eigenvalue weighted by Crippen LogP contribution is 2.11. The molecule has 2 N–H and O–H groups in total. The van der Waals surface area contributed by atoms with Crippen LogP contribution >= 0.6 is 0 Å². The highest BCUT2D eigenvalue weighted by atomic mass is 16.4. The van der Waals surface area contributed by atoms with Crippen LogP contribution in [0.1, 0.15) is 26.3 Å². The summed E-state index contributed by atoms with van der Waals surface area (Å²) >= 11 is 0. The molecule has 0 aliphatic carbocycles. The summed E-state index contributed by atoms with van der Waals surface area (Å²) in [5.41, 5.74) is 1.87. The summed E-state index contributed by atoms with van der Waals surface area (Å²) in [5, 5.41) is 11.5. The topological polar surface area (TPSA) is 79.3 Å². The van der Waals surface area contributed by atoms with Crippen molar-refractivity contribution in [3.8, 4) is 0 Å². The van der Waals surface area contributed by atoms with Crippen LogP contribution in [0.3, 0.4) is 0 Å². The molecule has 0 atom stereocenters. The van der Waals surface area contributed by atoms with Crippen molar-refractivity contribution in [2.75, 3.05) is 5.32 Å². The zero-order valence-corrected chi connectivity index (χ0v) is 10.3. The number of aromatic carboxylic acids is 1. The van der Waals surface area contributed by atoms with E-state index in [9.17, 15) is 9.59 Å². The van der Waals surface area contributed by atoms with Crippen molar-refractivity contribution in [1.29, 1.82) is 0 Å². The largest absolute Gasteiger partial charge is 0.478 e. The van der Waals surface area contributed by atoms with Crippen LogP contribution < -0.4 is 5.32 Å². The minimum absolute atomic E-state index is 0.0787. The van der Waals surface area contributed by atoms with Crippen molar-refractivity contribution in [2.24, 2.45) is 0 Å².